The number of rotatable bonds is 10. The van der Waals surface area contributed by atoms with Crippen LogP contribution in [0.15, 0.2) is 72.9 Å². The minimum atomic E-state index is -0.426. The summed E-state index contributed by atoms with van der Waals surface area (Å²) >= 11 is 0. The fourth-order valence-electron chi connectivity index (χ4n) is 6.86. The van der Waals surface area contributed by atoms with Crippen LogP contribution in [0.5, 0.6) is 11.8 Å². The first-order valence-electron chi connectivity index (χ1n) is 16.7. The number of carbonyl (C=O) groups excluding carboxylic acids is 1. The third-order valence-electron chi connectivity index (χ3n) is 9.56. The van der Waals surface area contributed by atoms with Crippen LogP contribution in [0.1, 0.15) is 29.7 Å². The highest BCUT2D eigenvalue weighted by atomic mass is 16.6. The second kappa shape index (κ2) is 14.4. The molecule has 2 aliphatic heterocycles. The van der Waals surface area contributed by atoms with Crippen molar-refractivity contribution >= 4 is 28.3 Å². The Morgan fingerprint density at radius 3 is 2.59 bits per heavy atom. The van der Waals surface area contributed by atoms with Crippen LogP contribution in [-0.4, -0.2) is 101 Å². The van der Waals surface area contributed by atoms with Crippen LogP contribution >= 0.6 is 0 Å². The number of carbonyl (C=O) groups is 1. The number of likely N-dealkylation sites (N-methyl/N-ethyl adjacent to an activating group) is 1. The van der Waals surface area contributed by atoms with Gasteiger partial charge in [-0.25, -0.2) is 20.9 Å². The lowest BCUT2D eigenvalue weighted by atomic mass is 10.0. The lowest BCUT2D eigenvalue weighted by Crippen LogP contribution is -2.56. The van der Waals surface area contributed by atoms with Crippen molar-refractivity contribution in [3.8, 4) is 11.8 Å². The Labute approximate surface area is 285 Å². The first-order valence-corrected chi connectivity index (χ1v) is 16.7. The van der Waals surface area contributed by atoms with Crippen molar-refractivity contribution in [1.29, 1.82) is 0 Å². The van der Waals surface area contributed by atoms with Gasteiger partial charge in [-0.15, -0.1) is 5.10 Å². The fraction of sp³-hybridized carbons (Fsp3) is 0.378. The van der Waals surface area contributed by atoms with E-state index < -0.39 is 6.09 Å². The van der Waals surface area contributed by atoms with Crippen molar-refractivity contribution < 1.29 is 19.0 Å². The predicted octanol–water partition coefficient (Wildman–Crippen LogP) is 5.10. The van der Waals surface area contributed by atoms with Crippen molar-refractivity contribution in [2.75, 3.05) is 58.4 Å². The fourth-order valence-corrected chi connectivity index (χ4v) is 6.86. The van der Waals surface area contributed by atoms with Crippen LogP contribution in [0.4, 0.5) is 10.6 Å². The molecule has 0 bridgehead atoms. The zero-order valence-corrected chi connectivity index (χ0v) is 27.9. The third-order valence-corrected chi connectivity index (χ3v) is 9.56. The minimum Gasteiger partial charge on any atom is -0.496 e. The molecule has 5 aromatic rings. The first kappa shape index (κ1) is 32.2. The topological polar surface area (TPSA) is 102 Å². The number of amides is 1. The van der Waals surface area contributed by atoms with Gasteiger partial charge < -0.3 is 28.9 Å². The van der Waals surface area contributed by atoms with E-state index in [9.17, 15) is 4.79 Å². The molecule has 2 saturated heterocycles. The molecule has 2 atom stereocenters. The van der Waals surface area contributed by atoms with Crippen LogP contribution in [0, 0.1) is 6.57 Å². The van der Waals surface area contributed by atoms with Gasteiger partial charge in [0.2, 0.25) is 6.54 Å². The lowest BCUT2D eigenvalue weighted by molar-refractivity contribution is 0.0788. The highest BCUT2D eigenvalue weighted by Gasteiger charge is 2.35. The Morgan fingerprint density at radius 1 is 1.00 bits per heavy atom. The van der Waals surface area contributed by atoms with Gasteiger partial charge in [-0.1, -0.05) is 60.7 Å². The van der Waals surface area contributed by atoms with E-state index in [0.29, 0.717) is 50.2 Å². The number of hydrogen-bond acceptors (Lipinski definition) is 9. The van der Waals surface area contributed by atoms with Crippen molar-refractivity contribution in [2.45, 2.75) is 38.0 Å². The molecule has 12 heteroatoms. The maximum absolute atomic E-state index is 13.2. The average Bonchev–Trinajstić information content (AvgIpc) is 3.75. The number of aromatic nitrogens is 4. The summed E-state index contributed by atoms with van der Waals surface area (Å²) < 4.78 is 19.4. The van der Waals surface area contributed by atoms with E-state index in [1.165, 1.54) is 0 Å². The van der Waals surface area contributed by atoms with E-state index in [1.54, 1.807) is 12.0 Å². The number of anilines is 1. The lowest BCUT2D eigenvalue weighted by Gasteiger charge is -2.39. The van der Waals surface area contributed by atoms with Gasteiger partial charge in [-0.2, -0.15) is 4.98 Å². The molecule has 3 aromatic carbocycles. The van der Waals surface area contributed by atoms with Gasteiger partial charge in [0.15, 0.2) is 11.5 Å². The average molecular weight is 661 g/mol. The largest absolute Gasteiger partial charge is 0.496 e. The monoisotopic (exact) mass is 660 g/mol. The molecule has 252 valence electrons. The van der Waals surface area contributed by atoms with Crippen LogP contribution in [0.25, 0.3) is 21.3 Å². The number of piperazine rings is 1. The first-order chi connectivity index (χ1) is 24.0. The second-order valence-corrected chi connectivity index (χ2v) is 12.6. The quantitative estimate of drug-likeness (QED) is 0.190. The Morgan fingerprint density at radius 2 is 1.82 bits per heavy atom. The summed E-state index contributed by atoms with van der Waals surface area (Å²) in [5, 5.41) is 7.00. The van der Waals surface area contributed by atoms with Crippen LogP contribution in [0.3, 0.4) is 0 Å². The molecule has 0 radical (unpaired) electrons. The summed E-state index contributed by atoms with van der Waals surface area (Å²) in [6.07, 6.45) is 4.19. The molecule has 2 aliphatic rings. The van der Waals surface area contributed by atoms with Crippen molar-refractivity contribution in [3.05, 3.63) is 101 Å². The molecule has 0 aliphatic carbocycles. The summed E-state index contributed by atoms with van der Waals surface area (Å²) in [5.41, 5.74) is 3.51. The smallest absolute Gasteiger partial charge is 0.410 e. The van der Waals surface area contributed by atoms with Crippen molar-refractivity contribution in [2.24, 2.45) is 0 Å². The van der Waals surface area contributed by atoms with Gasteiger partial charge in [-0.3, -0.25) is 4.90 Å². The van der Waals surface area contributed by atoms with Gasteiger partial charge >= 0.3 is 12.1 Å². The number of benzene rings is 3. The van der Waals surface area contributed by atoms with Crippen LogP contribution in [-0.2, 0) is 17.8 Å². The summed E-state index contributed by atoms with van der Waals surface area (Å²) in [7, 11) is 3.80. The van der Waals surface area contributed by atoms with Gasteiger partial charge in [-0.05, 0) is 49.0 Å². The van der Waals surface area contributed by atoms with Gasteiger partial charge in [0.05, 0.1) is 19.0 Å². The zero-order chi connectivity index (χ0) is 33.7. The van der Waals surface area contributed by atoms with E-state index >= 15 is 0 Å². The summed E-state index contributed by atoms with van der Waals surface area (Å²) in [4.78, 5) is 32.7. The number of methoxy groups -OCH3 is 1. The molecule has 0 saturated carbocycles. The molecule has 7 rings (SSSR count). The molecule has 0 N–H and O–H groups in total. The molecule has 0 unspecified atom stereocenters. The van der Waals surface area contributed by atoms with E-state index in [2.05, 4.69) is 39.9 Å². The minimum absolute atomic E-state index is 0.139. The molecule has 0 spiro atoms. The number of hydrogen-bond donors (Lipinski definition) is 0. The number of fused-ring (bicyclic) bond motifs is 2. The number of ether oxygens (including phenoxy) is 3. The molecule has 2 fully saturated rings. The summed E-state index contributed by atoms with van der Waals surface area (Å²) in [5.74, 6) is 1.44. The Balaban J connectivity index is 1.19. The highest BCUT2D eigenvalue weighted by Crippen LogP contribution is 2.31. The van der Waals surface area contributed by atoms with Gasteiger partial charge in [0.1, 0.15) is 25.0 Å². The number of nitrogens with zero attached hydrogens (tertiary/aromatic N) is 8. The maximum atomic E-state index is 13.2. The van der Waals surface area contributed by atoms with Crippen molar-refractivity contribution in [3.63, 3.8) is 0 Å². The zero-order valence-electron chi connectivity index (χ0n) is 27.9. The molecular weight excluding hydrogens is 620 g/mol. The molecule has 4 heterocycles. The summed E-state index contributed by atoms with van der Waals surface area (Å²) in [6.45, 7) is 10.7. The highest BCUT2D eigenvalue weighted by molar-refractivity contribution is 5.91. The van der Waals surface area contributed by atoms with E-state index in [-0.39, 0.29) is 25.2 Å². The SMILES string of the molecule is [C-]#[N+]C[C@H]1CN(c2nc(OC[C@@H]3CCCN3C)nn3c(Cc4ccc(OC)c5ccccc45)cnc23)CCN1C(=O)OCc1ccccc1. The number of imidazole rings is 1. The standard InChI is InChI=1S/C37H40N8O4/c1-38-21-30-23-43(18-19-44(30)37(46)49-24-26-10-5-4-6-11-26)35-34-39-22-29(20-27-15-16-33(47-3)32-14-8-7-13-31(27)32)45(34)41-36(40-35)48-25-28-12-9-17-42(28)2/h4-8,10-11,13-16,22,28,30H,9,12,17-21,23-25H2,2-3H3/t28-,30-/m0/s1. The Bertz CT molecular complexity index is 1980. The molecule has 2 aromatic heterocycles. The number of likely N-dealkylation sites (tertiary alicyclic amines) is 1. The summed E-state index contributed by atoms with van der Waals surface area (Å²) in [6, 6.07) is 22.1. The van der Waals surface area contributed by atoms with E-state index in [1.807, 2.05) is 59.2 Å². The molecule has 49 heavy (non-hydrogen) atoms. The van der Waals surface area contributed by atoms with Gasteiger partial charge in [0.25, 0.3) is 0 Å². The Kier molecular flexibility index (Phi) is 9.43. The third kappa shape index (κ3) is 6.80. The van der Waals surface area contributed by atoms with Crippen LogP contribution < -0.4 is 14.4 Å². The second-order valence-electron chi connectivity index (χ2n) is 12.6. The molecular formula is C37H40N8O4. The Hall–Kier alpha value is -5.41. The molecule has 12 nitrogen and oxygen atoms in total. The van der Waals surface area contributed by atoms with Crippen LogP contribution in [0.2, 0.25) is 0 Å². The van der Waals surface area contributed by atoms with E-state index in [0.717, 1.165) is 52.7 Å². The predicted molar refractivity (Wildman–Crippen MR) is 186 cm³/mol. The maximum Gasteiger partial charge on any atom is 0.410 e. The van der Waals surface area contributed by atoms with E-state index in [4.69, 9.17) is 35.8 Å². The molecule has 1 amide bonds. The van der Waals surface area contributed by atoms with Gasteiger partial charge in [0, 0.05) is 37.5 Å². The van der Waals surface area contributed by atoms with Crippen molar-refractivity contribution in [1.82, 2.24) is 29.4 Å². The normalized spacial score (nSPS) is 18.1.